The van der Waals surface area contributed by atoms with E-state index in [9.17, 15) is 9.90 Å². The molecule has 5 nitrogen and oxygen atoms in total. The number of nitrogens with one attached hydrogen (secondary N) is 1. The average molecular weight is 314 g/mol. The normalized spacial score (nSPS) is 20.8. The fourth-order valence-corrected chi connectivity index (χ4v) is 2.39. The van der Waals surface area contributed by atoms with Crippen LogP contribution >= 0.6 is 15.9 Å². The molecule has 0 saturated heterocycles. The molecule has 2 fully saturated rings. The van der Waals surface area contributed by atoms with Crippen LogP contribution in [0, 0.1) is 5.92 Å². The molecule has 1 heterocycles. The molecule has 0 unspecified atom stereocenters. The highest BCUT2D eigenvalue weighted by Gasteiger charge is 2.42. The van der Waals surface area contributed by atoms with Gasteiger partial charge in [0.25, 0.3) is 5.56 Å². The van der Waals surface area contributed by atoms with Crippen LogP contribution in [0.15, 0.2) is 15.5 Å². The molecule has 0 bridgehead atoms. The van der Waals surface area contributed by atoms with Crippen molar-refractivity contribution in [3.63, 3.8) is 0 Å². The Morgan fingerprint density at radius 2 is 2.28 bits per heavy atom. The first-order valence-corrected chi connectivity index (χ1v) is 7.07. The van der Waals surface area contributed by atoms with Crippen LogP contribution in [-0.4, -0.2) is 27.0 Å². The topological polar surface area (TPSA) is 67.2 Å². The van der Waals surface area contributed by atoms with Gasteiger partial charge in [-0.1, -0.05) is 0 Å². The summed E-state index contributed by atoms with van der Waals surface area (Å²) in [6.45, 7) is 0.799. The van der Waals surface area contributed by atoms with E-state index in [1.807, 2.05) is 0 Å². The highest BCUT2D eigenvalue weighted by Crippen LogP contribution is 2.39. The van der Waals surface area contributed by atoms with Crippen LogP contribution in [0.2, 0.25) is 0 Å². The van der Waals surface area contributed by atoms with Gasteiger partial charge < -0.3 is 10.4 Å². The molecule has 1 aromatic heterocycles. The van der Waals surface area contributed by atoms with Crippen molar-refractivity contribution in [2.24, 2.45) is 5.92 Å². The van der Waals surface area contributed by atoms with Crippen LogP contribution in [0.3, 0.4) is 0 Å². The molecule has 2 saturated carbocycles. The van der Waals surface area contributed by atoms with Crippen molar-refractivity contribution in [2.75, 3.05) is 11.9 Å². The maximum atomic E-state index is 12.1. The highest BCUT2D eigenvalue weighted by atomic mass is 79.9. The van der Waals surface area contributed by atoms with Crippen molar-refractivity contribution in [3.8, 4) is 0 Å². The van der Waals surface area contributed by atoms with Gasteiger partial charge >= 0.3 is 0 Å². The van der Waals surface area contributed by atoms with E-state index in [1.54, 1.807) is 6.20 Å². The van der Waals surface area contributed by atoms with Crippen LogP contribution in [0.1, 0.15) is 25.7 Å². The summed E-state index contributed by atoms with van der Waals surface area (Å²) in [5.74, 6) is 0.619. The molecule has 0 aromatic carbocycles. The largest absolute Gasteiger partial charge is 0.394 e. The molecule has 1 aromatic rings. The Morgan fingerprint density at radius 1 is 1.56 bits per heavy atom. The van der Waals surface area contributed by atoms with Gasteiger partial charge in [-0.15, -0.1) is 0 Å². The van der Waals surface area contributed by atoms with E-state index in [0.717, 1.165) is 12.8 Å². The molecular formula is C12H16BrN3O2. The molecule has 0 aliphatic heterocycles. The van der Waals surface area contributed by atoms with Gasteiger partial charge in [-0.05, 0) is 47.5 Å². The Labute approximate surface area is 113 Å². The van der Waals surface area contributed by atoms with Gasteiger partial charge in [0, 0.05) is 6.54 Å². The lowest BCUT2D eigenvalue weighted by molar-refractivity contribution is 0.266. The van der Waals surface area contributed by atoms with E-state index in [4.69, 9.17) is 0 Å². The molecule has 2 aliphatic rings. The zero-order valence-electron chi connectivity index (χ0n) is 10.0. The smallest absolute Gasteiger partial charge is 0.283 e. The quantitative estimate of drug-likeness (QED) is 0.861. The summed E-state index contributed by atoms with van der Waals surface area (Å²) in [5.41, 5.74) is 0.346. The average Bonchev–Trinajstić information content (AvgIpc) is 3.25. The summed E-state index contributed by atoms with van der Waals surface area (Å²) in [4.78, 5) is 12.1. The van der Waals surface area contributed by atoms with E-state index in [-0.39, 0.29) is 17.7 Å². The summed E-state index contributed by atoms with van der Waals surface area (Å²) < 4.78 is 2.03. The number of nitrogens with zero attached hydrogens (tertiary/aromatic N) is 2. The van der Waals surface area contributed by atoms with Crippen molar-refractivity contribution >= 4 is 21.6 Å². The van der Waals surface area contributed by atoms with Crippen molar-refractivity contribution in [3.05, 3.63) is 21.0 Å². The second kappa shape index (κ2) is 4.35. The fourth-order valence-electron chi connectivity index (χ4n) is 1.99. The number of hydrogen-bond acceptors (Lipinski definition) is 4. The monoisotopic (exact) mass is 313 g/mol. The van der Waals surface area contributed by atoms with Crippen LogP contribution in [0.4, 0.5) is 5.69 Å². The molecule has 3 rings (SSSR count). The molecule has 0 spiro atoms. The van der Waals surface area contributed by atoms with Gasteiger partial charge in [0.1, 0.15) is 4.47 Å². The summed E-state index contributed by atoms with van der Waals surface area (Å²) in [7, 11) is 0. The molecule has 2 N–H and O–H groups in total. The van der Waals surface area contributed by atoms with Gasteiger partial charge in [0.2, 0.25) is 0 Å². The Kier molecular flexibility index (Phi) is 2.94. The lowest BCUT2D eigenvalue weighted by atomic mass is 10.3. The number of halogens is 1. The Balaban J connectivity index is 1.83. The lowest BCUT2D eigenvalue weighted by Crippen LogP contribution is -2.30. The van der Waals surface area contributed by atoms with Crippen molar-refractivity contribution in [1.82, 2.24) is 9.78 Å². The molecule has 18 heavy (non-hydrogen) atoms. The van der Waals surface area contributed by atoms with Gasteiger partial charge in [-0.25, -0.2) is 4.68 Å². The molecule has 0 radical (unpaired) electrons. The molecule has 0 amide bonds. The minimum absolute atomic E-state index is 0.0879. The number of aliphatic hydroxyl groups is 1. The third-order valence-electron chi connectivity index (χ3n) is 3.67. The Bertz CT molecular complexity index is 521. The minimum Gasteiger partial charge on any atom is -0.394 e. The Morgan fingerprint density at radius 3 is 2.83 bits per heavy atom. The number of anilines is 1. The summed E-state index contributed by atoms with van der Waals surface area (Å²) in [6.07, 6.45) is 5.92. The minimum atomic E-state index is -0.237. The number of rotatable bonds is 5. The highest BCUT2D eigenvalue weighted by molar-refractivity contribution is 9.10. The Hall–Kier alpha value is -0.880. The molecular weight excluding hydrogens is 298 g/mol. The first-order valence-electron chi connectivity index (χ1n) is 6.28. The molecule has 2 aliphatic carbocycles. The number of aromatic nitrogens is 2. The standard InChI is InChI=1S/C12H16BrN3O2/c13-10-9(15-12(7-17)3-4-12)5-14-16(11(10)18)6-8-1-2-8/h5,8,15,17H,1-4,6-7H2. The van der Waals surface area contributed by atoms with E-state index in [0.29, 0.717) is 22.6 Å². The second-order valence-corrected chi connectivity index (χ2v) is 6.16. The third-order valence-corrected chi connectivity index (χ3v) is 4.44. The first kappa shape index (κ1) is 12.2. The maximum Gasteiger partial charge on any atom is 0.283 e. The lowest BCUT2D eigenvalue weighted by Gasteiger charge is -2.17. The third kappa shape index (κ3) is 2.31. The predicted molar refractivity (Wildman–Crippen MR) is 71.6 cm³/mol. The predicted octanol–water partition coefficient (Wildman–Crippen LogP) is 1.35. The molecule has 0 atom stereocenters. The molecule has 98 valence electrons. The fraction of sp³-hybridized carbons (Fsp3) is 0.667. The summed E-state index contributed by atoms with van der Waals surface area (Å²) in [6, 6.07) is 0. The van der Waals surface area contributed by atoms with Gasteiger partial charge in [-0.3, -0.25) is 4.79 Å². The van der Waals surface area contributed by atoms with Crippen LogP contribution in [0.25, 0.3) is 0 Å². The van der Waals surface area contributed by atoms with Gasteiger partial charge in [0.15, 0.2) is 0 Å². The van der Waals surface area contributed by atoms with E-state index in [1.165, 1.54) is 17.5 Å². The van der Waals surface area contributed by atoms with Crippen LogP contribution in [-0.2, 0) is 6.54 Å². The molecule has 6 heteroatoms. The summed E-state index contributed by atoms with van der Waals surface area (Å²) >= 11 is 3.33. The van der Waals surface area contributed by atoms with Crippen LogP contribution in [0.5, 0.6) is 0 Å². The van der Waals surface area contributed by atoms with E-state index < -0.39 is 0 Å². The zero-order chi connectivity index (χ0) is 12.8. The van der Waals surface area contributed by atoms with Gasteiger partial charge in [-0.2, -0.15) is 5.10 Å². The zero-order valence-corrected chi connectivity index (χ0v) is 11.6. The maximum absolute atomic E-state index is 12.1. The summed E-state index contributed by atoms with van der Waals surface area (Å²) in [5, 5.41) is 16.7. The number of hydrogen-bond donors (Lipinski definition) is 2. The SMILES string of the molecule is O=c1c(Br)c(NC2(CO)CC2)cnn1CC1CC1. The second-order valence-electron chi connectivity index (χ2n) is 5.37. The van der Waals surface area contributed by atoms with E-state index in [2.05, 4.69) is 26.3 Å². The van der Waals surface area contributed by atoms with Crippen molar-refractivity contribution < 1.29 is 5.11 Å². The van der Waals surface area contributed by atoms with Crippen molar-refractivity contribution in [1.29, 1.82) is 0 Å². The van der Waals surface area contributed by atoms with Crippen molar-refractivity contribution in [2.45, 2.75) is 37.8 Å². The number of aliphatic hydroxyl groups excluding tert-OH is 1. The first-order chi connectivity index (χ1) is 8.63. The van der Waals surface area contributed by atoms with E-state index >= 15 is 0 Å². The van der Waals surface area contributed by atoms with Crippen LogP contribution < -0.4 is 10.9 Å². The van der Waals surface area contributed by atoms with Gasteiger partial charge in [0.05, 0.1) is 24.0 Å².